The molecule has 0 aliphatic rings. The predicted octanol–water partition coefficient (Wildman–Crippen LogP) is 5.03. The van der Waals surface area contributed by atoms with Crippen LogP contribution in [0.15, 0.2) is 55.2 Å². The zero-order valence-corrected chi connectivity index (χ0v) is 17.0. The molecule has 1 atom stereocenters. The van der Waals surface area contributed by atoms with Gasteiger partial charge in [0.25, 0.3) is 0 Å². The molecular formula is C22H22F3N3O2. The maximum absolute atomic E-state index is 12.3. The fraction of sp³-hybridized carbons (Fsp3) is 0.318. The largest absolute Gasteiger partial charge is 0.573 e. The normalized spacial score (nSPS) is 14.3. The number of alkyl halides is 3. The monoisotopic (exact) mass is 417 g/mol. The summed E-state index contributed by atoms with van der Waals surface area (Å²) in [7, 11) is 0. The van der Waals surface area contributed by atoms with Crippen LogP contribution in [0.2, 0.25) is 0 Å². The van der Waals surface area contributed by atoms with Crippen molar-refractivity contribution in [1.29, 1.82) is 0 Å². The smallest absolute Gasteiger partial charge is 0.406 e. The van der Waals surface area contributed by atoms with E-state index in [0.29, 0.717) is 22.4 Å². The first-order valence-electron chi connectivity index (χ1n) is 9.23. The lowest BCUT2D eigenvalue weighted by Crippen LogP contribution is -2.42. The predicted molar refractivity (Wildman–Crippen MR) is 106 cm³/mol. The van der Waals surface area contributed by atoms with Crippen molar-refractivity contribution in [2.45, 2.75) is 39.7 Å². The third-order valence-electron chi connectivity index (χ3n) is 4.91. The van der Waals surface area contributed by atoms with E-state index in [4.69, 9.17) is 0 Å². The summed E-state index contributed by atoms with van der Waals surface area (Å²) < 4.78 is 40.9. The van der Waals surface area contributed by atoms with E-state index in [0.717, 1.165) is 5.56 Å². The molecule has 1 unspecified atom stereocenters. The summed E-state index contributed by atoms with van der Waals surface area (Å²) in [5.74, 6) is -0.293. The van der Waals surface area contributed by atoms with Crippen LogP contribution in [0, 0.1) is 12.3 Å². The Kier molecular flexibility index (Phi) is 5.56. The number of rotatable bonds is 4. The minimum atomic E-state index is -4.74. The van der Waals surface area contributed by atoms with Crippen molar-refractivity contribution in [3.63, 3.8) is 0 Å². The molecule has 0 saturated heterocycles. The molecule has 30 heavy (non-hydrogen) atoms. The highest BCUT2D eigenvalue weighted by atomic mass is 19.4. The van der Waals surface area contributed by atoms with Crippen molar-refractivity contribution in [3.8, 4) is 16.9 Å². The highest BCUT2D eigenvalue weighted by Crippen LogP contribution is 2.45. The molecule has 0 radical (unpaired) electrons. The number of pyridine rings is 1. The van der Waals surface area contributed by atoms with Gasteiger partial charge in [0.2, 0.25) is 0 Å². The molecule has 0 bridgehead atoms. The molecule has 0 saturated carbocycles. The Balaban J connectivity index is 2.00. The number of aliphatic hydroxyl groups is 1. The van der Waals surface area contributed by atoms with Gasteiger partial charge in [-0.3, -0.25) is 4.98 Å². The SMILES string of the molecule is Cc1cc(-c2ccc(OC(F)(F)F)cc2)cnc1C(O)(c1cncnc1)C(C)(C)C. The Morgan fingerprint density at radius 2 is 1.50 bits per heavy atom. The topological polar surface area (TPSA) is 68.1 Å². The Morgan fingerprint density at radius 3 is 2.00 bits per heavy atom. The molecule has 1 aromatic carbocycles. The van der Waals surface area contributed by atoms with Crippen molar-refractivity contribution in [3.05, 3.63) is 72.1 Å². The summed E-state index contributed by atoms with van der Waals surface area (Å²) in [6, 6.07) is 7.39. The van der Waals surface area contributed by atoms with E-state index in [9.17, 15) is 18.3 Å². The van der Waals surface area contributed by atoms with Gasteiger partial charge in [0.1, 0.15) is 17.7 Å². The van der Waals surface area contributed by atoms with Gasteiger partial charge in [-0.2, -0.15) is 0 Å². The maximum atomic E-state index is 12.3. The fourth-order valence-electron chi connectivity index (χ4n) is 3.37. The van der Waals surface area contributed by atoms with Crippen LogP contribution in [0.1, 0.15) is 37.6 Å². The number of benzene rings is 1. The average Bonchev–Trinajstić information content (AvgIpc) is 2.66. The molecule has 0 aliphatic carbocycles. The van der Waals surface area contributed by atoms with Gasteiger partial charge in [-0.15, -0.1) is 13.2 Å². The molecule has 3 aromatic rings. The standard InChI is InChI=1S/C22H22F3N3O2/c1-14-9-16(15-5-7-18(8-6-15)30-22(23,24)25)10-28-19(14)21(29,20(2,3)4)17-11-26-13-27-12-17/h5-13,29H,1-4H3. The summed E-state index contributed by atoms with van der Waals surface area (Å²) in [5, 5.41) is 11.7. The van der Waals surface area contributed by atoms with Crippen LogP contribution < -0.4 is 4.74 Å². The summed E-state index contributed by atoms with van der Waals surface area (Å²) in [5.41, 5.74) is 1.03. The van der Waals surface area contributed by atoms with Crippen molar-refractivity contribution in [1.82, 2.24) is 15.0 Å². The van der Waals surface area contributed by atoms with E-state index in [1.807, 2.05) is 33.8 Å². The molecule has 158 valence electrons. The molecule has 8 heteroatoms. The van der Waals surface area contributed by atoms with Gasteiger partial charge in [0.05, 0.1) is 5.69 Å². The number of aryl methyl sites for hydroxylation is 1. The number of ether oxygens (including phenoxy) is 1. The van der Waals surface area contributed by atoms with Crippen LogP contribution in [-0.2, 0) is 5.60 Å². The van der Waals surface area contributed by atoms with Gasteiger partial charge >= 0.3 is 6.36 Å². The molecule has 0 amide bonds. The highest BCUT2D eigenvalue weighted by molar-refractivity contribution is 5.64. The first kappa shape index (κ1) is 21.7. The minimum absolute atomic E-state index is 0.293. The summed E-state index contributed by atoms with van der Waals surface area (Å²) in [6.45, 7) is 7.52. The van der Waals surface area contributed by atoms with Crippen LogP contribution in [0.5, 0.6) is 5.75 Å². The summed E-state index contributed by atoms with van der Waals surface area (Å²) >= 11 is 0. The van der Waals surface area contributed by atoms with Crippen molar-refractivity contribution in [2.75, 3.05) is 0 Å². The molecule has 1 N–H and O–H groups in total. The molecule has 0 spiro atoms. The van der Waals surface area contributed by atoms with E-state index < -0.39 is 17.4 Å². The first-order chi connectivity index (χ1) is 13.9. The summed E-state index contributed by atoms with van der Waals surface area (Å²) in [4.78, 5) is 12.6. The van der Waals surface area contributed by atoms with E-state index in [1.165, 1.54) is 30.6 Å². The third-order valence-corrected chi connectivity index (χ3v) is 4.91. The second-order valence-electron chi connectivity index (χ2n) is 8.05. The quantitative estimate of drug-likeness (QED) is 0.645. The average molecular weight is 417 g/mol. The maximum Gasteiger partial charge on any atom is 0.573 e. The van der Waals surface area contributed by atoms with Crippen LogP contribution >= 0.6 is 0 Å². The van der Waals surface area contributed by atoms with E-state index >= 15 is 0 Å². The van der Waals surface area contributed by atoms with Gasteiger partial charge in [-0.25, -0.2) is 9.97 Å². The zero-order chi connectivity index (χ0) is 22.2. The number of halogens is 3. The highest BCUT2D eigenvalue weighted by Gasteiger charge is 2.46. The molecule has 3 rings (SSSR count). The van der Waals surface area contributed by atoms with Crippen LogP contribution in [0.25, 0.3) is 11.1 Å². The Hall–Kier alpha value is -3.00. The lowest BCUT2D eigenvalue weighted by Gasteiger charge is -2.40. The summed E-state index contributed by atoms with van der Waals surface area (Å²) in [6.07, 6.45) is 1.36. The third kappa shape index (κ3) is 4.28. The lowest BCUT2D eigenvalue weighted by molar-refractivity contribution is -0.274. The van der Waals surface area contributed by atoms with Gasteiger partial charge < -0.3 is 9.84 Å². The van der Waals surface area contributed by atoms with Crippen molar-refractivity contribution < 1.29 is 23.0 Å². The minimum Gasteiger partial charge on any atom is -0.406 e. The van der Waals surface area contributed by atoms with Crippen LogP contribution in [0.4, 0.5) is 13.2 Å². The van der Waals surface area contributed by atoms with Gasteiger partial charge in [0, 0.05) is 35.1 Å². The van der Waals surface area contributed by atoms with Gasteiger partial charge in [-0.05, 0) is 36.2 Å². The molecule has 0 aliphatic heterocycles. The molecule has 0 fully saturated rings. The van der Waals surface area contributed by atoms with Crippen molar-refractivity contribution in [2.24, 2.45) is 5.41 Å². The number of hydrogen-bond acceptors (Lipinski definition) is 5. The van der Waals surface area contributed by atoms with E-state index in [1.54, 1.807) is 18.6 Å². The molecule has 2 aromatic heterocycles. The van der Waals surface area contributed by atoms with Crippen LogP contribution in [-0.4, -0.2) is 26.4 Å². The lowest BCUT2D eigenvalue weighted by atomic mass is 9.70. The number of aromatic nitrogens is 3. The Bertz CT molecular complexity index is 1020. The van der Waals surface area contributed by atoms with Gasteiger partial charge in [-0.1, -0.05) is 32.9 Å². The van der Waals surface area contributed by atoms with E-state index in [2.05, 4.69) is 19.7 Å². The molecule has 2 heterocycles. The second kappa shape index (κ2) is 7.68. The zero-order valence-electron chi connectivity index (χ0n) is 17.0. The van der Waals surface area contributed by atoms with Crippen LogP contribution in [0.3, 0.4) is 0 Å². The van der Waals surface area contributed by atoms with Crippen molar-refractivity contribution >= 4 is 0 Å². The Labute approximate surface area is 172 Å². The first-order valence-corrected chi connectivity index (χ1v) is 9.23. The molecular weight excluding hydrogens is 395 g/mol. The number of nitrogens with zero attached hydrogens (tertiary/aromatic N) is 3. The number of hydrogen-bond donors (Lipinski definition) is 1. The molecule has 5 nitrogen and oxygen atoms in total. The fourth-order valence-corrected chi connectivity index (χ4v) is 3.37. The Morgan fingerprint density at radius 1 is 0.900 bits per heavy atom. The van der Waals surface area contributed by atoms with Gasteiger partial charge in [0.15, 0.2) is 0 Å². The second-order valence-corrected chi connectivity index (χ2v) is 8.05. The van der Waals surface area contributed by atoms with E-state index in [-0.39, 0.29) is 5.75 Å².